The first-order valence-electron chi connectivity index (χ1n) is 15.1. The predicted molar refractivity (Wildman–Crippen MR) is 173 cm³/mol. The number of benzene rings is 4. The second-order valence-electron chi connectivity index (χ2n) is 11.2. The number of hydrogen-bond donors (Lipinski definition) is 1. The fourth-order valence-electron chi connectivity index (χ4n) is 6.15. The fraction of sp³-hybridized carbons (Fsp3) is 0.167. The summed E-state index contributed by atoms with van der Waals surface area (Å²) < 4.78 is 36.6. The van der Waals surface area contributed by atoms with E-state index in [1.54, 1.807) is 35.0 Å². The molecule has 0 saturated carbocycles. The van der Waals surface area contributed by atoms with Gasteiger partial charge in [-0.15, -0.1) is 0 Å². The molecule has 0 saturated heterocycles. The number of rotatable bonds is 9. The molecule has 10 nitrogen and oxygen atoms in total. The number of primary amides is 1. The number of methoxy groups -OCH3 is 1. The van der Waals surface area contributed by atoms with Crippen LogP contribution in [0.2, 0.25) is 0 Å². The average Bonchev–Trinajstić information content (AvgIpc) is 3.40. The molecule has 1 unspecified atom stereocenters. The lowest BCUT2D eigenvalue weighted by Gasteiger charge is -2.27. The summed E-state index contributed by atoms with van der Waals surface area (Å²) in [7, 11) is 1.53. The van der Waals surface area contributed by atoms with E-state index in [0.717, 1.165) is 5.56 Å². The molecule has 236 valence electrons. The van der Waals surface area contributed by atoms with E-state index in [-0.39, 0.29) is 17.2 Å². The van der Waals surface area contributed by atoms with E-state index in [1.165, 1.54) is 30.3 Å². The summed E-state index contributed by atoms with van der Waals surface area (Å²) in [5.74, 6) is -0.872. The van der Waals surface area contributed by atoms with Gasteiger partial charge in [-0.2, -0.15) is 0 Å². The molecule has 1 atom stereocenters. The first kappa shape index (κ1) is 29.7. The summed E-state index contributed by atoms with van der Waals surface area (Å²) >= 11 is 0. The number of ether oxygens (including phenoxy) is 3. The zero-order valence-corrected chi connectivity index (χ0v) is 25.4. The molecule has 0 aliphatic carbocycles. The number of amides is 1. The molecule has 2 N–H and O–H groups in total. The Bertz CT molecular complexity index is 2160. The van der Waals surface area contributed by atoms with Crippen molar-refractivity contribution in [2.24, 2.45) is 5.73 Å². The van der Waals surface area contributed by atoms with Crippen LogP contribution in [0.3, 0.4) is 0 Å². The molecule has 47 heavy (non-hydrogen) atoms. The van der Waals surface area contributed by atoms with E-state index in [0.29, 0.717) is 65.3 Å². The van der Waals surface area contributed by atoms with Gasteiger partial charge in [-0.3, -0.25) is 14.3 Å². The number of carbonyl (C=O) groups excluding carboxylic acids is 1. The highest BCUT2D eigenvalue weighted by atomic mass is 19.1. The largest absolute Gasteiger partial charge is 0.493 e. The monoisotopic (exact) mass is 631 g/mol. The van der Waals surface area contributed by atoms with Crippen molar-refractivity contribution in [3.8, 4) is 28.8 Å². The van der Waals surface area contributed by atoms with Gasteiger partial charge in [-0.25, -0.2) is 19.0 Å². The van der Waals surface area contributed by atoms with Gasteiger partial charge < -0.3 is 19.9 Å². The highest BCUT2D eigenvalue weighted by Crippen LogP contribution is 2.39. The SMILES string of the molecule is COc1cc2c(Oc3ccc(C4CCCn5c4c(C(N)=O)c(=O)n5-c4ccccc4)cc3F)ncnc2cc1OCc1ccccc1. The second kappa shape index (κ2) is 12.4. The molecule has 0 fully saturated rings. The van der Waals surface area contributed by atoms with Crippen LogP contribution >= 0.6 is 0 Å². The molecular formula is C36H30FN5O5. The first-order chi connectivity index (χ1) is 22.9. The molecule has 0 radical (unpaired) electrons. The van der Waals surface area contributed by atoms with Gasteiger partial charge in [0.1, 0.15) is 18.5 Å². The number of aromatic nitrogens is 4. The van der Waals surface area contributed by atoms with Crippen molar-refractivity contribution in [2.45, 2.75) is 31.9 Å². The number of fused-ring (bicyclic) bond motifs is 2. The van der Waals surface area contributed by atoms with Gasteiger partial charge in [0, 0.05) is 18.5 Å². The molecule has 1 aliphatic rings. The van der Waals surface area contributed by atoms with Gasteiger partial charge in [-0.1, -0.05) is 54.6 Å². The van der Waals surface area contributed by atoms with Gasteiger partial charge >= 0.3 is 0 Å². The lowest BCUT2D eigenvalue weighted by atomic mass is 9.86. The number of nitrogens with zero attached hydrogens (tertiary/aromatic N) is 4. The maximum absolute atomic E-state index is 15.8. The Hall–Kier alpha value is -5.97. The third-order valence-corrected chi connectivity index (χ3v) is 8.31. The van der Waals surface area contributed by atoms with Crippen molar-refractivity contribution >= 4 is 16.8 Å². The van der Waals surface area contributed by atoms with Crippen LogP contribution in [-0.2, 0) is 13.2 Å². The van der Waals surface area contributed by atoms with E-state index in [4.69, 9.17) is 19.9 Å². The number of hydrogen-bond acceptors (Lipinski definition) is 7. The number of carbonyl (C=O) groups is 1. The van der Waals surface area contributed by atoms with Crippen molar-refractivity contribution < 1.29 is 23.4 Å². The molecule has 0 bridgehead atoms. The molecule has 1 aliphatic heterocycles. The van der Waals surface area contributed by atoms with Crippen LogP contribution in [0.15, 0.2) is 102 Å². The molecule has 1 amide bonds. The Morgan fingerprint density at radius 1 is 0.957 bits per heavy atom. The highest BCUT2D eigenvalue weighted by Gasteiger charge is 2.33. The summed E-state index contributed by atoms with van der Waals surface area (Å²) in [4.78, 5) is 34.7. The maximum Gasteiger partial charge on any atom is 0.284 e. The van der Waals surface area contributed by atoms with Crippen molar-refractivity contribution in [3.63, 3.8) is 0 Å². The molecule has 11 heteroatoms. The topological polar surface area (TPSA) is 123 Å². The van der Waals surface area contributed by atoms with E-state index in [9.17, 15) is 9.59 Å². The Balaban J connectivity index is 1.20. The van der Waals surface area contributed by atoms with Crippen molar-refractivity contribution in [3.05, 3.63) is 136 Å². The normalized spacial score (nSPS) is 14.0. The summed E-state index contributed by atoms with van der Waals surface area (Å²) in [5.41, 5.74) is 8.36. The average molecular weight is 632 g/mol. The smallest absolute Gasteiger partial charge is 0.284 e. The minimum absolute atomic E-state index is 0.0534. The van der Waals surface area contributed by atoms with Gasteiger partial charge in [0.25, 0.3) is 11.5 Å². The zero-order chi connectivity index (χ0) is 32.5. The van der Waals surface area contributed by atoms with Gasteiger partial charge in [0.15, 0.2) is 23.1 Å². The third kappa shape index (κ3) is 5.56. The minimum atomic E-state index is -0.819. The molecule has 2 aromatic heterocycles. The number of para-hydroxylation sites is 1. The Morgan fingerprint density at radius 2 is 1.72 bits per heavy atom. The van der Waals surface area contributed by atoms with E-state index in [2.05, 4.69) is 9.97 Å². The van der Waals surface area contributed by atoms with Crippen LogP contribution in [0, 0.1) is 5.82 Å². The number of nitrogens with two attached hydrogens (primary N) is 1. The van der Waals surface area contributed by atoms with Crippen LogP contribution in [0.25, 0.3) is 16.6 Å². The van der Waals surface area contributed by atoms with Crippen molar-refractivity contribution in [1.82, 2.24) is 19.3 Å². The molecule has 3 heterocycles. The third-order valence-electron chi connectivity index (χ3n) is 8.31. The number of halogens is 1. The Kier molecular flexibility index (Phi) is 7.86. The standard InChI is InChI=1S/C36H30FN5O5/c1-45-30-18-26-28(19-31(30)46-20-22-9-4-2-5-10-22)39-21-40-35(26)47-29-15-14-23(17-27(29)37)25-13-8-16-41-33(25)32(34(38)43)36(44)42(41)24-11-6-3-7-12-24/h2-7,9-12,14-15,17-19,21,25H,8,13,16,20H2,1H3,(H2,38,43). The van der Waals surface area contributed by atoms with Crippen LogP contribution in [-0.4, -0.2) is 32.3 Å². The van der Waals surface area contributed by atoms with Gasteiger partial charge in [-0.05, 0) is 54.3 Å². The van der Waals surface area contributed by atoms with Crippen LogP contribution < -0.4 is 25.5 Å². The minimum Gasteiger partial charge on any atom is -0.493 e. The second-order valence-corrected chi connectivity index (χ2v) is 11.2. The summed E-state index contributed by atoms with van der Waals surface area (Å²) in [6, 6.07) is 26.8. The fourth-order valence-corrected chi connectivity index (χ4v) is 6.15. The van der Waals surface area contributed by atoms with Gasteiger partial charge in [0.2, 0.25) is 5.88 Å². The van der Waals surface area contributed by atoms with Crippen LogP contribution in [0.5, 0.6) is 23.1 Å². The summed E-state index contributed by atoms with van der Waals surface area (Å²) in [5, 5.41) is 0.504. The Labute approximate surface area is 268 Å². The van der Waals surface area contributed by atoms with Crippen LogP contribution in [0.1, 0.15) is 45.9 Å². The quantitative estimate of drug-likeness (QED) is 0.204. The summed E-state index contributed by atoms with van der Waals surface area (Å²) in [6.07, 6.45) is 2.65. The maximum atomic E-state index is 15.8. The van der Waals surface area contributed by atoms with E-state index in [1.807, 2.05) is 48.5 Å². The van der Waals surface area contributed by atoms with Crippen LogP contribution in [0.4, 0.5) is 4.39 Å². The molecule has 6 aromatic rings. The van der Waals surface area contributed by atoms with Crippen molar-refractivity contribution in [2.75, 3.05) is 7.11 Å². The molecule has 7 rings (SSSR count). The first-order valence-corrected chi connectivity index (χ1v) is 15.1. The summed E-state index contributed by atoms with van der Waals surface area (Å²) in [6.45, 7) is 0.847. The van der Waals surface area contributed by atoms with Gasteiger partial charge in [0.05, 0.1) is 29.4 Å². The highest BCUT2D eigenvalue weighted by molar-refractivity contribution is 5.94. The van der Waals surface area contributed by atoms with Crippen molar-refractivity contribution in [1.29, 1.82) is 0 Å². The van der Waals surface area contributed by atoms with E-state index >= 15 is 4.39 Å². The lowest BCUT2D eigenvalue weighted by Crippen LogP contribution is -2.26. The Morgan fingerprint density at radius 3 is 2.45 bits per heavy atom. The lowest BCUT2D eigenvalue weighted by molar-refractivity contribution is 0.0997. The zero-order valence-electron chi connectivity index (χ0n) is 25.4. The molecule has 4 aromatic carbocycles. The molecular weight excluding hydrogens is 601 g/mol. The predicted octanol–water partition coefficient (Wildman–Crippen LogP) is 6.13. The van der Waals surface area contributed by atoms with E-state index < -0.39 is 23.2 Å². The molecule has 0 spiro atoms.